The molecule has 0 spiro atoms. The van der Waals surface area contributed by atoms with Gasteiger partial charge in [0.15, 0.2) is 5.75 Å². The maximum absolute atomic E-state index is 12.9. The predicted octanol–water partition coefficient (Wildman–Crippen LogP) is 3.36. The zero-order valence-corrected chi connectivity index (χ0v) is 19.0. The molecular weight excluding hydrogens is 422 g/mol. The fourth-order valence-corrected chi connectivity index (χ4v) is 4.21. The number of hydrogen-bond acceptors (Lipinski definition) is 6. The van der Waals surface area contributed by atoms with Gasteiger partial charge in [-0.1, -0.05) is 18.2 Å². The largest absolute Gasteiger partial charge is 0.490 e. The summed E-state index contributed by atoms with van der Waals surface area (Å²) in [6.45, 7) is 7.43. The van der Waals surface area contributed by atoms with Crippen LogP contribution in [-0.2, 0) is 6.54 Å². The SMILES string of the molecule is COc1ccc(C(=O)N2CCN(Cc3c(C)nn(-c4ccccc4)c3C)CC2)cc1[N+](=O)[O-]. The maximum Gasteiger partial charge on any atom is 0.311 e. The molecule has 2 heterocycles. The highest BCUT2D eigenvalue weighted by Crippen LogP contribution is 2.28. The number of rotatable bonds is 6. The van der Waals surface area contributed by atoms with E-state index in [4.69, 9.17) is 9.84 Å². The molecule has 172 valence electrons. The molecule has 1 aliphatic heterocycles. The number of carbonyl (C=O) groups is 1. The molecule has 33 heavy (non-hydrogen) atoms. The Labute approximate surface area is 192 Å². The van der Waals surface area contributed by atoms with Gasteiger partial charge >= 0.3 is 5.69 Å². The summed E-state index contributed by atoms with van der Waals surface area (Å²) in [6, 6.07) is 14.4. The van der Waals surface area contributed by atoms with E-state index in [1.807, 2.05) is 41.9 Å². The molecule has 4 rings (SSSR count). The summed E-state index contributed by atoms with van der Waals surface area (Å²) in [7, 11) is 1.37. The van der Waals surface area contributed by atoms with Gasteiger partial charge < -0.3 is 9.64 Å². The number of amides is 1. The molecule has 9 heteroatoms. The molecule has 1 saturated heterocycles. The molecule has 0 N–H and O–H groups in total. The molecule has 9 nitrogen and oxygen atoms in total. The number of carbonyl (C=O) groups excluding carboxylic acids is 1. The number of benzene rings is 2. The van der Waals surface area contributed by atoms with Gasteiger partial charge in [-0.05, 0) is 38.1 Å². The van der Waals surface area contributed by atoms with Crippen molar-refractivity contribution in [2.75, 3.05) is 33.3 Å². The van der Waals surface area contributed by atoms with Crippen LogP contribution in [0.4, 0.5) is 5.69 Å². The summed E-state index contributed by atoms with van der Waals surface area (Å²) in [5.74, 6) is -0.0622. The summed E-state index contributed by atoms with van der Waals surface area (Å²) < 4.78 is 7.00. The number of nitro groups is 1. The van der Waals surface area contributed by atoms with Gasteiger partial charge in [-0.2, -0.15) is 5.10 Å². The topological polar surface area (TPSA) is 93.7 Å². The number of para-hydroxylation sites is 1. The van der Waals surface area contributed by atoms with E-state index in [1.165, 1.54) is 24.8 Å². The Morgan fingerprint density at radius 3 is 2.42 bits per heavy atom. The fourth-order valence-electron chi connectivity index (χ4n) is 4.21. The predicted molar refractivity (Wildman–Crippen MR) is 124 cm³/mol. The molecule has 1 amide bonds. The quantitative estimate of drug-likeness (QED) is 0.423. The normalized spacial score (nSPS) is 14.3. The molecule has 1 fully saturated rings. The molecule has 1 aliphatic rings. The zero-order valence-electron chi connectivity index (χ0n) is 19.0. The summed E-state index contributed by atoms with van der Waals surface area (Å²) in [5, 5.41) is 16.0. The molecule has 0 radical (unpaired) electrons. The van der Waals surface area contributed by atoms with Crippen LogP contribution in [-0.4, -0.2) is 63.7 Å². The minimum atomic E-state index is -0.534. The van der Waals surface area contributed by atoms with E-state index >= 15 is 0 Å². The van der Waals surface area contributed by atoms with Gasteiger partial charge in [-0.25, -0.2) is 4.68 Å². The van der Waals surface area contributed by atoms with E-state index in [-0.39, 0.29) is 17.3 Å². The first-order valence-electron chi connectivity index (χ1n) is 10.8. The Bertz CT molecular complexity index is 1170. The summed E-state index contributed by atoms with van der Waals surface area (Å²) in [6.07, 6.45) is 0. The van der Waals surface area contributed by atoms with Crippen LogP contribution in [0.3, 0.4) is 0 Å². The van der Waals surface area contributed by atoms with E-state index in [2.05, 4.69) is 11.8 Å². The fraction of sp³-hybridized carbons (Fsp3) is 0.333. The lowest BCUT2D eigenvalue weighted by molar-refractivity contribution is -0.385. The Hall–Kier alpha value is -3.72. The number of aryl methyl sites for hydroxylation is 1. The smallest absolute Gasteiger partial charge is 0.311 e. The number of methoxy groups -OCH3 is 1. The number of piperazine rings is 1. The molecule has 0 aliphatic carbocycles. The highest BCUT2D eigenvalue weighted by Gasteiger charge is 2.26. The molecule has 0 saturated carbocycles. The average molecular weight is 450 g/mol. The first-order valence-corrected chi connectivity index (χ1v) is 10.8. The highest BCUT2D eigenvalue weighted by molar-refractivity contribution is 5.95. The second kappa shape index (κ2) is 9.41. The van der Waals surface area contributed by atoms with E-state index in [9.17, 15) is 14.9 Å². The van der Waals surface area contributed by atoms with Crippen molar-refractivity contribution in [2.24, 2.45) is 0 Å². The summed E-state index contributed by atoms with van der Waals surface area (Å²) in [4.78, 5) is 27.7. The third kappa shape index (κ3) is 4.58. The van der Waals surface area contributed by atoms with Crippen LogP contribution in [0.25, 0.3) is 5.69 Å². The monoisotopic (exact) mass is 449 g/mol. The molecule has 0 atom stereocenters. The van der Waals surface area contributed by atoms with Crippen molar-refractivity contribution in [3.05, 3.63) is 81.2 Å². The standard InChI is InChI=1S/C24H27N5O4/c1-17-21(18(2)28(25-17)20-7-5-4-6-8-20)16-26-11-13-27(14-12-26)24(30)19-9-10-23(33-3)22(15-19)29(31)32/h4-10,15H,11-14,16H2,1-3H3. The van der Waals surface area contributed by atoms with Crippen molar-refractivity contribution >= 4 is 11.6 Å². The van der Waals surface area contributed by atoms with Crippen molar-refractivity contribution < 1.29 is 14.5 Å². The van der Waals surface area contributed by atoms with E-state index in [1.54, 1.807) is 11.0 Å². The third-order valence-corrected chi connectivity index (χ3v) is 6.11. The first kappa shape index (κ1) is 22.5. The van der Waals surface area contributed by atoms with Gasteiger partial charge in [0.25, 0.3) is 5.91 Å². The van der Waals surface area contributed by atoms with Gasteiger partial charge in [0, 0.05) is 55.6 Å². The summed E-state index contributed by atoms with van der Waals surface area (Å²) >= 11 is 0. The zero-order chi connectivity index (χ0) is 23.5. The lowest BCUT2D eigenvalue weighted by Crippen LogP contribution is -2.48. The van der Waals surface area contributed by atoms with Crippen LogP contribution in [0, 0.1) is 24.0 Å². The van der Waals surface area contributed by atoms with Gasteiger partial charge in [-0.15, -0.1) is 0 Å². The maximum atomic E-state index is 12.9. The number of nitro benzene ring substituents is 1. The van der Waals surface area contributed by atoms with Crippen LogP contribution in [0.2, 0.25) is 0 Å². The van der Waals surface area contributed by atoms with Crippen LogP contribution >= 0.6 is 0 Å². The van der Waals surface area contributed by atoms with Crippen LogP contribution < -0.4 is 4.74 Å². The number of aromatic nitrogens is 2. The molecule has 0 unspecified atom stereocenters. The average Bonchev–Trinajstić information content (AvgIpc) is 3.12. The number of ether oxygens (including phenoxy) is 1. The molecule has 2 aromatic carbocycles. The number of hydrogen-bond donors (Lipinski definition) is 0. The van der Waals surface area contributed by atoms with Crippen molar-refractivity contribution in [3.63, 3.8) is 0 Å². The van der Waals surface area contributed by atoms with Crippen LogP contribution in [0.15, 0.2) is 48.5 Å². The molecule has 3 aromatic rings. The van der Waals surface area contributed by atoms with Gasteiger partial charge in [-0.3, -0.25) is 19.8 Å². The van der Waals surface area contributed by atoms with Crippen molar-refractivity contribution in [3.8, 4) is 11.4 Å². The number of nitrogens with zero attached hydrogens (tertiary/aromatic N) is 5. The van der Waals surface area contributed by atoms with Crippen LogP contribution in [0.1, 0.15) is 27.3 Å². The Kier molecular flexibility index (Phi) is 6.41. The molecule has 0 bridgehead atoms. The second-order valence-electron chi connectivity index (χ2n) is 8.11. The lowest BCUT2D eigenvalue weighted by Gasteiger charge is -2.34. The Balaban J connectivity index is 1.42. The van der Waals surface area contributed by atoms with E-state index in [0.29, 0.717) is 18.7 Å². The van der Waals surface area contributed by atoms with E-state index < -0.39 is 4.92 Å². The first-order chi connectivity index (χ1) is 15.9. The van der Waals surface area contributed by atoms with E-state index in [0.717, 1.165) is 36.7 Å². The molecular formula is C24H27N5O4. The van der Waals surface area contributed by atoms with Gasteiger partial charge in [0.05, 0.1) is 23.4 Å². The molecule has 1 aromatic heterocycles. The van der Waals surface area contributed by atoms with Crippen LogP contribution in [0.5, 0.6) is 5.75 Å². The Morgan fingerprint density at radius 2 is 1.79 bits per heavy atom. The third-order valence-electron chi connectivity index (χ3n) is 6.11. The van der Waals surface area contributed by atoms with Crippen molar-refractivity contribution in [1.29, 1.82) is 0 Å². The lowest BCUT2D eigenvalue weighted by atomic mass is 10.1. The van der Waals surface area contributed by atoms with Gasteiger partial charge in [0.2, 0.25) is 0 Å². The minimum Gasteiger partial charge on any atom is -0.490 e. The summed E-state index contributed by atoms with van der Waals surface area (Å²) in [5.41, 5.74) is 4.44. The van der Waals surface area contributed by atoms with Crippen molar-refractivity contribution in [2.45, 2.75) is 20.4 Å². The Morgan fingerprint density at radius 1 is 1.09 bits per heavy atom. The second-order valence-corrected chi connectivity index (χ2v) is 8.11. The van der Waals surface area contributed by atoms with Crippen molar-refractivity contribution in [1.82, 2.24) is 19.6 Å². The van der Waals surface area contributed by atoms with Gasteiger partial charge in [0.1, 0.15) is 0 Å². The highest BCUT2D eigenvalue weighted by atomic mass is 16.6. The minimum absolute atomic E-state index is 0.142.